The number of nitrogens with zero attached hydrogens (tertiary/aromatic N) is 4. The first-order valence-corrected chi connectivity index (χ1v) is 9.55. The molecule has 2 aliphatic rings. The number of aromatic nitrogens is 2. The predicted molar refractivity (Wildman–Crippen MR) is 96.4 cm³/mol. The van der Waals surface area contributed by atoms with Gasteiger partial charge in [-0.1, -0.05) is 0 Å². The Morgan fingerprint density at radius 3 is 2.88 bits per heavy atom. The van der Waals surface area contributed by atoms with E-state index in [1.165, 1.54) is 0 Å². The molecule has 0 aromatic carbocycles. The van der Waals surface area contributed by atoms with Crippen LogP contribution in [0.2, 0.25) is 0 Å². The van der Waals surface area contributed by atoms with Crippen LogP contribution in [0.1, 0.15) is 19.3 Å². The summed E-state index contributed by atoms with van der Waals surface area (Å²) in [5.74, 6) is 0.115. The summed E-state index contributed by atoms with van der Waals surface area (Å²) >= 11 is 0. The SMILES string of the molecule is O=C(NCCn1cccn1)[C@@H]1CCC(=O)N(CCCN2CCOCC2)C1. The quantitative estimate of drug-likeness (QED) is 0.701. The number of piperidine rings is 1. The summed E-state index contributed by atoms with van der Waals surface area (Å²) in [6, 6.07) is 1.86. The van der Waals surface area contributed by atoms with Gasteiger partial charge in [0.15, 0.2) is 0 Å². The topological polar surface area (TPSA) is 79.7 Å². The summed E-state index contributed by atoms with van der Waals surface area (Å²) in [6.45, 7) is 6.99. The van der Waals surface area contributed by atoms with Gasteiger partial charge in [-0.15, -0.1) is 0 Å². The van der Waals surface area contributed by atoms with E-state index in [1.807, 2.05) is 17.2 Å². The molecule has 0 bridgehead atoms. The number of amides is 2. The molecule has 2 fully saturated rings. The Morgan fingerprint density at radius 2 is 2.12 bits per heavy atom. The number of likely N-dealkylation sites (tertiary alicyclic amines) is 1. The fourth-order valence-corrected chi connectivity index (χ4v) is 3.53. The monoisotopic (exact) mass is 363 g/mol. The van der Waals surface area contributed by atoms with Crippen LogP contribution in [0.5, 0.6) is 0 Å². The van der Waals surface area contributed by atoms with Gasteiger partial charge in [-0.05, 0) is 18.9 Å². The van der Waals surface area contributed by atoms with Crippen LogP contribution < -0.4 is 5.32 Å². The molecule has 3 rings (SSSR count). The van der Waals surface area contributed by atoms with E-state index in [0.29, 0.717) is 32.5 Å². The van der Waals surface area contributed by atoms with Gasteiger partial charge in [0.25, 0.3) is 0 Å². The maximum absolute atomic E-state index is 12.4. The Kier molecular flexibility index (Phi) is 7.02. The second-order valence-corrected chi connectivity index (χ2v) is 6.94. The van der Waals surface area contributed by atoms with E-state index in [1.54, 1.807) is 10.9 Å². The van der Waals surface area contributed by atoms with E-state index in [2.05, 4.69) is 15.3 Å². The third-order valence-corrected chi connectivity index (χ3v) is 5.08. The standard InChI is InChI=1S/C18H29N5O3/c24-17-4-3-16(18(25)19-6-10-23-9-1-5-20-23)15-22(17)8-2-7-21-11-13-26-14-12-21/h1,5,9,16H,2-4,6-8,10-15H2,(H,19,25)/t16-/m1/s1. The highest BCUT2D eigenvalue weighted by molar-refractivity contribution is 5.83. The van der Waals surface area contributed by atoms with Crippen LogP contribution in [0.3, 0.4) is 0 Å². The summed E-state index contributed by atoms with van der Waals surface area (Å²) in [5.41, 5.74) is 0. The fraction of sp³-hybridized carbons (Fsp3) is 0.722. The second kappa shape index (κ2) is 9.68. The molecule has 0 radical (unpaired) electrons. The van der Waals surface area contributed by atoms with Gasteiger partial charge in [0.1, 0.15) is 0 Å². The lowest BCUT2D eigenvalue weighted by molar-refractivity contribution is -0.138. The zero-order chi connectivity index (χ0) is 18.2. The molecule has 0 spiro atoms. The molecular weight excluding hydrogens is 334 g/mol. The van der Waals surface area contributed by atoms with E-state index < -0.39 is 0 Å². The van der Waals surface area contributed by atoms with Gasteiger partial charge in [-0.2, -0.15) is 5.10 Å². The normalized spacial score (nSPS) is 21.8. The van der Waals surface area contributed by atoms with Crippen LogP contribution in [0.25, 0.3) is 0 Å². The van der Waals surface area contributed by atoms with Crippen LogP contribution in [0.4, 0.5) is 0 Å². The van der Waals surface area contributed by atoms with Gasteiger partial charge in [-0.3, -0.25) is 19.2 Å². The maximum Gasteiger partial charge on any atom is 0.224 e. The van der Waals surface area contributed by atoms with Crippen molar-refractivity contribution < 1.29 is 14.3 Å². The maximum atomic E-state index is 12.4. The molecule has 2 saturated heterocycles. The van der Waals surface area contributed by atoms with Gasteiger partial charge >= 0.3 is 0 Å². The third-order valence-electron chi connectivity index (χ3n) is 5.08. The summed E-state index contributed by atoms with van der Waals surface area (Å²) in [7, 11) is 0. The second-order valence-electron chi connectivity index (χ2n) is 6.94. The van der Waals surface area contributed by atoms with Crippen molar-refractivity contribution in [1.82, 2.24) is 24.9 Å². The fourth-order valence-electron chi connectivity index (χ4n) is 3.53. The van der Waals surface area contributed by atoms with Crippen LogP contribution in [-0.2, 0) is 20.9 Å². The Balaban J connectivity index is 1.37. The molecule has 1 N–H and O–H groups in total. The molecule has 1 aromatic heterocycles. The smallest absolute Gasteiger partial charge is 0.224 e. The molecule has 144 valence electrons. The van der Waals surface area contributed by atoms with Gasteiger partial charge in [0.2, 0.25) is 11.8 Å². The molecular formula is C18H29N5O3. The first kappa shape index (κ1) is 18.8. The number of morpholine rings is 1. The molecule has 8 nitrogen and oxygen atoms in total. The van der Waals surface area contributed by atoms with Crippen LogP contribution in [0.15, 0.2) is 18.5 Å². The third kappa shape index (κ3) is 5.54. The van der Waals surface area contributed by atoms with Crippen LogP contribution >= 0.6 is 0 Å². The Bertz CT molecular complexity index is 571. The first-order valence-electron chi connectivity index (χ1n) is 9.55. The molecule has 0 saturated carbocycles. The van der Waals surface area contributed by atoms with E-state index >= 15 is 0 Å². The molecule has 8 heteroatoms. The first-order chi connectivity index (χ1) is 12.7. The van der Waals surface area contributed by atoms with Crippen molar-refractivity contribution in [2.45, 2.75) is 25.8 Å². The lowest BCUT2D eigenvalue weighted by Gasteiger charge is -2.33. The number of ether oxygens (including phenoxy) is 1. The van der Waals surface area contributed by atoms with Gasteiger partial charge in [0, 0.05) is 58.1 Å². The van der Waals surface area contributed by atoms with Crippen molar-refractivity contribution in [2.24, 2.45) is 5.92 Å². The number of carbonyl (C=O) groups excluding carboxylic acids is 2. The van der Waals surface area contributed by atoms with E-state index in [4.69, 9.17) is 4.74 Å². The summed E-state index contributed by atoms with van der Waals surface area (Å²) in [4.78, 5) is 28.8. The highest BCUT2D eigenvalue weighted by Gasteiger charge is 2.29. The van der Waals surface area contributed by atoms with Crippen molar-refractivity contribution in [3.63, 3.8) is 0 Å². The van der Waals surface area contributed by atoms with E-state index in [-0.39, 0.29) is 17.7 Å². The Morgan fingerprint density at radius 1 is 1.27 bits per heavy atom. The average molecular weight is 363 g/mol. The number of hydrogen-bond acceptors (Lipinski definition) is 5. The molecule has 1 atom stereocenters. The molecule has 0 unspecified atom stereocenters. The molecule has 1 aromatic rings. The van der Waals surface area contributed by atoms with Crippen LogP contribution in [0, 0.1) is 5.92 Å². The zero-order valence-corrected chi connectivity index (χ0v) is 15.3. The zero-order valence-electron chi connectivity index (χ0n) is 15.3. The minimum atomic E-state index is -0.103. The van der Waals surface area contributed by atoms with E-state index in [0.717, 1.165) is 45.8 Å². The van der Waals surface area contributed by atoms with Crippen molar-refractivity contribution in [2.75, 3.05) is 52.5 Å². The summed E-state index contributed by atoms with van der Waals surface area (Å²) < 4.78 is 7.15. The average Bonchev–Trinajstić information content (AvgIpc) is 3.17. The highest BCUT2D eigenvalue weighted by atomic mass is 16.5. The highest BCUT2D eigenvalue weighted by Crippen LogP contribution is 2.18. The Hall–Kier alpha value is -1.93. The summed E-state index contributed by atoms with van der Waals surface area (Å²) in [6.07, 6.45) is 5.66. The molecule has 2 amide bonds. The number of hydrogen-bond donors (Lipinski definition) is 1. The van der Waals surface area contributed by atoms with Crippen LogP contribution in [-0.4, -0.2) is 83.9 Å². The lowest BCUT2D eigenvalue weighted by atomic mass is 9.96. The minimum absolute atomic E-state index is 0.0443. The van der Waals surface area contributed by atoms with Gasteiger partial charge in [0.05, 0.1) is 25.7 Å². The van der Waals surface area contributed by atoms with Crippen molar-refractivity contribution in [3.05, 3.63) is 18.5 Å². The van der Waals surface area contributed by atoms with Gasteiger partial charge < -0.3 is 15.0 Å². The van der Waals surface area contributed by atoms with Crippen molar-refractivity contribution in [3.8, 4) is 0 Å². The molecule has 0 aliphatic carbocycles. The minimum Gasteiger partial charge on any atom is -0.379 e. The Labute approximate surface area is 154 Å². The number of rotatable bonds is 8. The van der Waals surface area contributed by atoms with E-state index in [9.17, 15) is 9.59 Å². The predicted octanol–water partition coefficient (Wildman–Crippen LogP) is -0.0398. The number of nitrogens with one attached hydrogen (secondary N) is 1. The molecule has 26 heavy (non-hydrogen) atoms. The lowest BCUT2D eigenvalue weighted by Crippen LogP contribution is -2.47. The van der Waals surface area contributed by atoms with Crippen molar-refractivity contribution >= 4 is 11.8 Å². The van der Waals surface area contributed by atoms with Gasteiger partial charge in [-0.25, -0.2) is 0 Å². The molecule has 2 aliphatic heterocycles. The summed E-state index contributed by atoms with van der Waals surface area (Å²) in [5, 5.41) is 7.09. The largest absolute Gasteiger partial charge is 0.379 e. The van der Waals surface area contributed by atoms with Crippen molar-refractivity contribution in [1.29, 1.82) is 0 Å². The molecule has 3 heterocycles. The number of carbonyl (C=O) groups is 2.